The fourth-order valence-corrected chi connectivity index (χ4v) is 2.86. The molecule has 148 valence electrons. The van der Waals surface area contributed by atoms with Gasteiger partial charge in [0.25, 0.3) is 0 Å². The molecule has 1 atom stereocenters. The van der Waals surface area contributed by atoms with Gasteiger partial charge in [-0.3, -0.25) is 4.90 Å². The second kappa shape index (κ2) is 6.22. The molecule has 0 spiro atoms. The van der Waals surface area contributed by atoms with Gasteiger partial charge in [-0.25, -0.2) is 18.4 Å². The molecule has 27 heavy (non-hydrogen) atoms. The summed E-state index contributed by atoms with van der Waals surface area (Å²) in [6, 6.07) is 1.45. The van der Waals surface area contributed by atoms with Crippen molar-refractivity contribution in [2.24, 2.45) is 0 Å². The lowest BCUT2D eigenvalue weighted by Gasteiger charge is -2.48. The van der Waals surface area contributed by atoms with Crippen molar-refractivity contribution in [2.75, 3.05) is 36.5 Å². The number of cyclic esters (lactones) is 1. The van der Waals surface area contributed by atoms with Gasteiger partial charge in [0.15, 0.2) is 17.2 Å². The van der Waals surface area contributed by atoms with Crippen LogP contribution in [-0.4, -0.2) is 61.8 Å². The smallest absolute Gasteiger partial charge is 0.420 e. The first-order valence-corrected chi connectivity index (χ1v) is 7.56. The molecule has 1 aromatic rings. The molecule has 2 heterocycles. The second-order valence-corrected chi connectivity index (χ2v) is 6.15. The van der Waals surface area contributed by atoms with E-state index in [1.807, 2.05) is 0 Å². The van der Waals surface area contributed by atoms with E-state index in [1.54, 1.807) is 0 Å². The summed E-state index contributed by atoms with van der Waals surface area (Å²) in [5.41, 5.74) is -4.08. The number of amides is 1. The SMILES string of the molecule is COC(=O)[C@H]1CN(c2cc(F)c(N3CC(O)(C(F)(F)F)C3)c(F)c2)C(=O)O1. The Morgan fingerprint density at radius 3 is 2.33 bits per heavy atom. The number of carbonyl (C=O) groups excluding carboxylic acids is 2. The lowest BCUT2D eigenvalue weighted by Crippen LogP contribution is -2.69. The summed E-state index contributed by atoms with van der Waals surface area (Å²) in [5, 5.41) is 9.40. The molecular formula is C15H13F5N2O5. The van der Waals surface area contributed by atoms with Crippen molar-refractivity contribution in [3.63, 3.8) is 0 Å². The highest BCUT2D eigenvalue weighted by molar-refractivity contribution is 5.94. The van der Waals surface area contributed by atoms with Crippen LogP contribution in [0.2, 0.25) is 0 Å². The number of alkyl halides is 3. The predicted octanol–water partition coefficient (Wildman–Crippen LogP) is 1.58. The van der Waals surface area contributed by atoms with Crippen LogP contribution >= 0.6 is 0 Å². The van der Waals surface area contributed by atoms with Crippen LogP contribution in [0.25, 0.3) is 0 Å². The number of rotatable bonds is 3. The Morgan fingerprint density at radius 2 is 1.85 bits per heavy atom. The maximum absolute atomic E-state index is 14.3. The fraction of sp³-hybridized carbons (Fsp3) is 0.467. The fourth-order valence-electron chi connectivity index (χ4n) is 2.86. The van der Waals surface area contributed by atoms with Crippen molar-refractivity contribution in [3.05, 3.63) is 23.8 Å². The number of ether oxygens (including phenoxy) is 2. The molecule has 12 heteroatoms. The summed E-state index contributed by atoms with van der Waals surface area (Å²) in [6.07, 6.45) is -7.24. The number of hydrogen-bond donors (Lipinski definition) is 1. The lowest BCUT2D eigenvalue weighted by atomic mass is 9.92. The molecule has 0 radical (unpaired) electrons. The standard InChI is InChI=1S/C15H13F5N2O5/c1-26-12(23)10-4-22(13(24)27-10)7-2-8(16)11(9(17)3-7)21-5-14(25,6-21)15(18,19)20/h2-3,10,25H,4-6H2,1H3/t10-/m1/s1. The first-order valence-electron chi connectivity index (χ1n) is 7.56. The van der Waals surface area contributed by atoms with Crippen LogP contribution in [0.5, 0.6) is 0 Å². The van der Waals surface area contributed by atoms with Gasteiger partial charge in [-0.2, -0.15) is 13.2 Å². The van der Waals surface area contributed by atoms with Gasteiger partial charge in [0.2, 0.25) is 6.10 Å². The van der Waals surface area contributed by atoms with Crippen molar-refractivity contribution >= 4 is 23.4 Å². The minimum Gasteiger partial charge on any atom is -0.466 e. The van der Waals surface area contributed by atoms with Crippen LogP contribution in [0, 0.1) is 11.6 Å². The van der Waals surface area contributed by atoms with Crippen molar-refractivity contribution in [1.82, 2.24) is 0 Å². The van der Waals surface area contributed by atoms with E-state index in [2.05, 4.69) is 4.74 Å². The van der Waals surface area contributed by atoms with Crippen LogP contribution in [0.1, 0.15) is 0 Å². The monoisotopic (exact) mass is 396 g/mol. The number of benzene rings is 1. The molecule has 2 fully saturated rings. The van der Waals surface area contributed by atoms with Gasteiger partial charge in [0.1, 0.15) is 5.69 Å². The number of nitrogens with zero attached hydrogens (tertiary/aromatic N) is 2. The van der Waals surface area contributed by atoms with Gasteiger partial charge >= 0.3 is 18.2 Å². The second-order valence-electron chi connectivity index (χ2n) is 6.15. The Morgan fingerprint density at radius 1 is 1.30 bits per heavy atom. The maximum Gasteiger partial charge on any atom is 0.420 e. The van der Waals surface area contributed by atoms with E-state index < -0.39 is 60.4 Å². The number of anilines is 2. The first kappa shape index (κ1) is 19.1. The van der Waals surface area contributed by atoms with E-state index in [4.69, 9.17) is 4.74 Å². The summed E-state index contributed by atoms with van der Waals surface area (Å²) in [4.78, 5) is 24.7. The Labute approximate surface area is 148 Å². The molecule has 0 bridgehead atoms. The zero-order chi connectivity index (χ0) is 20.1. The van der Waals surface area contributed by atoms with E-state index in [0.29, 0.717) is 4.90 Å². The largest absolute Gasteiger partial charge is 0.466 e. The van der Waals surface area contributed by atoms with Gasteiger partial charge in [-0.15, -0.1) is 0 Å². The molecule has 0 aromatic heterocycles. The van der Waals surface area contributed by atoms with Crippen LogP contribution in [0.15, 0.2) is 12.1 Å². The molecule has 1 N–H and O–H groups in total. The summed E-state index contributed by atoms with van der Waals surface area (Å²) < 4.78 is 75.8. The molecule has 0 aliphatic carbocycles. The van der Waals surface area contributed by atoms with E-state index in [1.165, 1.54) is 0 Å². The maximum atomic E-state index is 14.3. The molecule has 1 aromatic carbocycles. The molecule has 0 saturated carbocycles. The topological polar surface area (TPSA) is 79.3 Å². The van der Waals surface area contributed by atoms with Crippen LogP contribution in [-0.2, 0) is 14.3 Å². The van der Waals surface area contributed by atoms with Gasteiger partial charge in [0, 0.05) is 12.1 Å². The molecular weight excluding hydrogens is 383 g/mol. The minimum absolute atomic E-state index is 0.281. The van der Waals surface area contributed by atoms with Gasteiger partial charge < -0.3 is 19.5 Å². The van der Waals surface area contributed by atoms with E-state index >= 15 is 0 Å². The number of methoxy groups -OCH3 is 1. The highest BCUT2D eigenvalue weighted by atomic mass is 19.4. The van der Waals surface area contributed by atoms with Crippen LogP contribution in [0.4, 0.5) is 38.1 Å². The van der Waals surface area contributed by atoms with E-state index in [-0.39, 0.29) is 12.2 Å². The van der Waals surface area contributed by atoms with Crippen LogP contribution in [0.3, 0.4) is 0 Å². The third kappa shape index (κ3) is 3.13. The summed E-state index contributed by atoms with van der Waals surface area (Å²) >= 11 is 0. The number of halogens is 5. The Kier molecular flexibility index (Phi) is 4.41. The van der Waals surface area contributed by atoms with E-state index in [0.717, 1.165) is 24.1 Å². The third-order valence-corrected chi connectivity index (χ3v) is 4.34. The summed E-state index contributed by atoms with van der Waals surface area (Å²) in [5.74, 6) is -3.32. The Bertz CT molecular complexity index is 770. The van der Waals surface area contributed by atoms with Crippen molar-refractivity contribution in [1.29, 1.82) is 0 Å². The number of aliphatic hydroxyl groups is 1. The predicted molar refractivity (Wildman–Crippen MR) is 79.2 cm³/mol. The molecule has 2 saturated heterocycles. The lowest BCUT2D eigenvalue weighted by molar-refractivity contribution is -0.267. The summed E-state index contributed by atoms with van der Waals surface area (Å²) in [6.45, 7) is -2.40. The highest BCUT2D eigenvalue weighted by Crippen LogP contribution is 2.42. The van der Waals surface area contributed by atoms with Gasteiger partial charge in [0.05, 0.1) is 32.4 Å². The number of esters is 1. The minimum atomic E-state index is -4.93. The molecule has 7 nitrogen and oxygen atoms in total. The zero-order valence-electron chi connectivity index (χ0n) is 13.7. The molecule has 1 amide bonds. The number of hydrogen-bond acceptors (Lipinski definition) is 6. The molecule has 2 aliphatic heterocycles. The van der Waals surface area contributed by atoms with Crippen molar-refractivity contribution in [3.8, 4) is 0 Å². The third-order valence-electron chi connectivity index (χ3n) is 4.34. The quantitative estimate of drug-likeness (QED) is 0.618. The molecule has 0 unspecified atom stereocenters. The Hall–Kier alpha value is -2.63. The highest BCUT2D eigenvalue weighted by Gasteiger charge is 2.61. The Balaban J connectivity index is 1.81. The number of β-amino-alcohol motifs (C(OH)–C–C–N with tert-alkyl or cyclic N) is 1. The number of carbonyl (C=O) groups is 2. The van der Waals surface area contributed by atoms with Crippen molar-refractivity contribution in [2.45, 2.75) is 17.9 Å². The van der Waals surface area contributed by atoms with Gasteiger partial charge in [-0.1, -0.05) is 0 Å². The normalized spacial score (nSPS) is 21.7. The first-order chi connectivity index (χ1) is 12.5. The molecule has 3 rings (SSSR count). The zero-order valence-corrected chi connectivity index (χ0v) is 13.7. The molecule has 2 aliphatic rings. The average Bonchev–Trinajstić information content (AvgIpc) is 2.92. The summed E-state index contributed by atoms with van der Waals surface area (Å²) in [7, 11) is 1.07. The average molecular weight is 396 g/mol. The van der Waals surface area contributed by atoms with Gasteiger partial charge in [-0.05, 0) is 0 Å². The van der Waals surface area contributed by atoms with E-state index in [9.17, 15) is 36.6 Å². The van der Waals surface area contributed by atoms with Crippen LogP contribution < -0.4 is 9.80 Å². The van der Waals surface area contributed by atoms with Crippen molar-refractivity contribution < 1.29 is 46.1 Å².